The molecule has 0 spiro atoms. The fourth-order valence-electron chi connectivity index (χ4n) is 3.70. The molecule has 1 aliphatic heterocycles. The predicted molar refractivity (Wildman–Crippen MR) is 69.4 cm³/mol. The van der Waals surface area contributed by atoms with Crippen LogP contribution >= 0.6 is 0 Å². The lowest BCUT2D eigenvalue weighted by Crippen LogP contribution is -2.50. The van der Waals surface area contributed by atoms with Gasteiger partial charge in [-0.05, 0) is 50.5 Å². The van der Waals surface area contributed by atoms with Gasteiger partial charge in [-0.3, -0.25) is 4.90 Å². The summed E-state index contributed by atoms with van der Waals surface area (Å²) in [7, 11) is 0. The summed E-state index contributed by atoms with van der Waals surface area (Å²) in [6, 6.07) is 1.52. The number of hydrogen-bond donors (Lipinski definition) is 1. The van der Waals surface area contributed by atoms with E-state index < -0.39 is 0 Å². The van der Waals surface area contributed by atoms with E-state index in [1.165, 1.54) is 45.1 Å². The molecule has 2 nitrogen and oxygen atoms in total. The molecule has 4 unspecified atom stereocenters. The number of nitrogens with zero attached hydrogens (tertiary/aromatic N) is 1. The minimum absolute atomic E-state index is 0.671. The van der Waals surface area contributed by atoms with Crippen molar-refractivity contribution in [1.82, 2.24) is 4.90 Å². The predicted octanol–water partition coefficient (Wildman–Crippen LogP) is 2.62. The fourth-order valence-corrected chi connectivity index (χ4v) is 3.70. The van der Waals surface area contributed by atoms with Crippen LogP contribution in [0.3, 0.4) is 0 Å². The molecule has 1 saturated heterocycles. The molecule has 4 atom stereocenters. The van der Waals surface area contributed by atoms with Crippen molar-refractivity contribution in [3.05, 3.63) is 0 Å². The first-order chi connectivity index (χ1) is 7.74. The average Bonchev–Trinajstić information content (AvgIpc) is 2.77. The maximum absolute atomic E-state index is 5.95. The van der Waals surface area contributed by atoms with Crippen molar-refractivity contribution in [1.29, 1.82) is 0 Å². The van der Waals surface area contributed by atoms with E-state index >= 15 is 0 Å². The molecule has 2 rings (SSSR count). The Hall–Kier alpha value is -0.0800. The molecule has 0 radical (unpaired) electrons. The summed E-state index contributed by atoms with van der Waals surface area (Å²) >= 11 is 0. The van der Waals surface area contributed by atoms with Crippen molar-refractivity contribution in [3.63, 3.8) is 0 Å². The van der Waals surface area contributed by atoms with Crippen LogP contribution in [0.4, 0.5) is 0 Å². The Balaban J connectivity index is 1.92. The van der Waals surface area contributed by atoms with Crippen LogP contribution < -0.4 is 5.73 Å². The highest BCUT2D eigenvalue weighted by molar-refractivity contribution is 4.89. The first-order valence-electron chi connectivity index (χ1n) is 7.20. The smallest absolute Gasteiger partial charge is 0.0223 e. The largest absolute Gasteiger partial charge is 0.329 e. The third-order valence-electron chi connectivity index (χ3n) is 4.86. The Bertz CT molecular complexity index is 217. The molecular weight excluding hydrogens is 196 g/mol. The first-order valence-corrected chi connectivity index (χ1v) is 7.20. The van der Waals surface area contributed by atoms with Gasteiger partial charge in [0.15, 0.2) is 0 Å². The molecule has 2 heteroatoms. The highest BCUT2D eigenvalue weighted by Gasteiger charge is 2.34. The Morgan fingerprint density at radius 2 is 2.00 bits per heavy atom. The average molecular weight is 224 g/mol. The molecule has 94 valence electrons. The van der Waals surface area contributed by atoms with Crippen molar-refractivity contribution >= 4 is 0 Å². The van der Waals surface area contributed by atoms with Crippen LogP contribution in [0.1, 0.15) is 52.4 Å². The zero-order chi connectivity index (χ0) is 11.5. The lowest BCUT2D eigenvalue weighted by molar-refractivity contribution is 0.0765. The van der Waals surface area contributed by atoms with E-state index in [9.17, 15) is 0 Å². The van der Waals surface area contributed by atoms with Gasteiger partial charge in [0.05, 0.1) is 0 Å². The summed E-state index contributed by atoms with van der Waals surface area (Å²) in [6.07, 6.45) is 8.37. The SMILES string of the molecule is CCC1CCC(N2CCC(C)CC2CN)C1. The summed E-state index contributed by atoms with van der Waals surface area (Å²) in [5.41, 5.74) is 5.95. The van der Waals surface area contributed by atoms with Gasteiger partial charge in [-0.25, -0.2) is 0 Å². The van der Waals surface area contributed by atoms with Crippen molar-refractivity contribution in [2.45, 2.75) is 64.5 Å². The summed E-state index contributed by atoms with van der Waals surface area (Å²) < 4.78 is 0. The lowest BCUT2D eigenvalue weighted by atomic mass is 9.90. The quantitative estimate of drug-likeness (QED) is 0.798. The number of piperidine rings is 1. The highest BCUT2D eigenvalue weighted by atomic mass is 15.2. The summed E-state index contributed by atoms with van der Waals surface area (Å²) in [6.45, 7) is 6.87. The number of nitrogens with two attached hydrogens (primary N) is 1. The van der Waals surface area contributed by atoms with Crippen LogP contribution in [0.5, 0.6) is 0 Å². The van der Waals surface area contributed by atoms with Gasteiger partial charge >= 0.3 is 0 Å². The van der Waals surface area contributed by atoms with Gasteiger partial charge in [0, 0.05) is 18.6 Å². The minimum Gasteiger partial charge on any atom is -0.329 e. The molecule has 0 aromatic carbocycles. The zero-order valence-corrected chi connectivity index (χ0v) is 11.0. The minimum atomic E-state index is 0.671. The molecule has 0 aromatic heterocycles. The van der Waals surface area contributed by atoms with Gasteiger partial charge < -0.3 is 5.73 Å². The van der Waals surface area contributed by atoms with Gasteiger partial charge in [0.25, 0.3) is 0 Å². The van der Waals surface area contributed by atoms with E-state index in [0.717, 1.165) is 24.4 Å². The molecule has 16 heavy (non-hydrogen) atoms. The number of likely N-dealkylation sites (tertiary alicyclic amines) is 1. The molecule has 2 fully saturated rings. The maximum atomic E-state index is 5.95. The number of hydrogen-bond acceptors (Lipinski definition) is 2. The summed E-state index contributed by atoms with van der Waals surface area (Å²) in [5.74, 6) is 1.87. The van der Waals surface area contributed by atoms with Crippen LogP contribution in [-0.4, -0.2) is 30.1 Å². The van der Waals surface area contributed by atoms with Crippen LogP contribution in [0.15, 0.2) is 0 Å². The molecule has 1 aliphatic carbocycles. The van der Waals surface area contributed by atoms with Gasteiger partial charge in [-0.2, -0.15) is 0 Å². The monoisotopic (exact) mass is 224 g/mol. The third-order valence-corrected chi connectivity index (χ3v) is 4.86. The molecule has 0 amide bonds. The van der Waals surface area contributed by atoms with E-state index in [4.69, 9.17) is 5.73 Å². The number of rotatable bonds is 3. The van der Waals surface area contributed by atoms with Crippen LogP contribution in [-0.2, 0) is 0 Å². The Morgan fingerprint density at radius 1 is 1.19 bits per heavy atom. The van der Waals surface area contributed by atoms with Crippen molar-refractivity contribution in [3.8, 4) is 0 Å². The second kappa shape index (κ2) is 5.50. The topological polar surface area (TPSA) is 29.3 Å². The Morgan fingerprint density at radius 3 is 2.62 bits per heavy atom. The summed E-state index contributed by atoms with van der Waals surface area (Å²) in [4.78, 5) is 2.75. The van der Waals surface area contributed by atoms with E-state index in [1.807, 2.05) is 0 Å². The van der Waals surface area contributed by atoms with Crippen LogP contribution in [0.25, 0.3) is 0 Å². The van der Waals surface area contributed by atoms with Crippen LogP contribution in [0, 0.1) is 11.8 Å². The molecule has 0 aromatic rings. The van der Waals surface area contributed by atoms with Crippen molar-refractivity contribution in [2.24, 2.45) is 17.6 Å². The standard InChI is InChI=1S/C14H28N2/c1-3-12-4-5-13(9-12)16-7-6-11(2)8-14(16)10-15/h11-14H,3-10,15H2,1-2H3. The zero-order valence-electron chi connectivity index (χ0n) is 11.0. The molecule has 1 heterocycles. The molecular formula is C14H28N2. The summed E-state index contributed by atoms with van der Waals surface area (Å²) in [5, 5.41) is 0. The normalized spacial score (nSPS) is 41.4. The van der Waals surface area contributed by atoms with E-state index in [0.29, 0.717) is 6.04 Å². The van der Waals surface area contributed by atoms with Gasteiger partial charge in [-0.1, -0.05) is 20.3 Å². The van der Waals surface area contributed by atoms with Gasteiger partial charge in [0.2, 0.25) is 0 Å². The van der Waals surface area contributed by atoms with Crippen molar-refractivity contribution in [2.75, 3.05) is 13.1 Å². The van der Waals surface area contributed by atoms with Gasteiger partial charge in [0.1, 0.15) is 0 Å². The van der Waals surface area contributed by atoms with Crippen LogP contribution in [0.2, 0.25) is 0 Å². The molecule has 2 N–H and O–H groups in total. The second-order valence-electron chi connectivity index (χ2n) is 6.00. The first kappa shape index (κ1) is 12.4. The van der Waals surface area contributed by atoms with Gasteiger partial charge in [-0.15, -0.1) is 0 Å². The molecule has 2 aliphatic rings. The van der Waals surface area contributed by atoms with E-state index in [1.54, 1.807) is 0 Å². The fraction of sp³-hybridized carbons (Fsp3) is 1.00. The lowest BCUT2D eigenvalue weighted by Gasteiger charge is -2.41. The second-order valence-corrected chi connectivity index (χ2v) is 6.00. The maximum Gasteiger partial charge on any atom is 0.0223 e. The highest BCUT2D eigenvalue weighted by Crippen LogP contribution is 2.35. The van der Waals surface area contributed by atoms with Crippen molar-refractivity contribution < 1.29 is 0 Å². The molecule has 0 bridgehead atoms. The molecule has 1 saturated carbocycles. The Labute approximate surface area is 101 Å². The van der Waals surface area contributed by atoms with E-state index in [-0.39, 0.29) is 0 Å². The Kier molecular flexibility index (Phi) is 4.26. The third kappa shape index (κ3) is 2.60. The van der Waals surface area contributed by atoms with E-state index in [2.05, 4.69) is 18.7 Å².